The first-order chi connectivity index (χ1) is 20.4. The van der Waals surface area contributed by atoms with E-state index in [4.69, 9.17) is 24.2 Å². The maximum absolute atomic E-state index is 13.2. The van der Waals surface area contributed by atoms with Gasteiger partial charge in [0.25, 0.3) is 0 Å². The lowest BCUT2D eigenvalue weighted by atomic mass is 9.97. The van der Waals surface area contributed by atoms with Crippen LogP contribution in [0.5, 0.6) is 0 Å². The first kappa shape index (κ1) is 13.6. The van der Waals surface area contributed by atoms with Gasteiger partial charge in [-0.15, -0.1) is 0 Å². The Balaban J connectivity index is 1.56. The van der Waals surface area contributed by atoms with Crippen molar-refractivity contribution < 1.29 is 28.0 Å². The largest absolute Gasteiger partial charge is 0.457 e. The number of nitrogens with zero attached hydrogens (tertiary/aromatic N) is 1. The van der Waals surface area contributed by atoms with E-state index >= 15 is 0 Å². The minimum absolute atomic E-state index is 0.0759. The van der Waals surface area contributed by atoms with E-state index in [1.54, 1.807) is 24.3 Å². The molecule has 3 N–H and O–H groups in total. The number of nitrogens with one attached hydrogen (secondary N) is 1. The maximum Gasteiger partial charge on any atom is 0.338 e. The molecule has 0 spiro atoms. The van der Waals surface area contributed by atoms with Crippen LogP contribution in [0, 0.1) is 13.7 Å². The van der Waals surface area contributed by atoms with Gasteiger partial charge in [-0.2, -0.15) is 0 Å². The third-order valence-corrected chi connectivity index (χ3v) is 5.04. The van der Waals surface area contributed by atoms with Gasteiger partial charge in [0.1, 0.15) is 6.56 Å². The SMILES string of the molecule is [2H]c1nccc2cc(NC(=O)[C@@]([2H])(CN)c3ccc(C([2H])([2H])OC(=O)c4ccc(C([2H])([2H])[2H])cc4C([2H])([2H])[2H])cc3)ccc12. The summed E-state index contributed by atoms with van der Waals surface area (Å²) in [6.07, 6.45) is 1.54. The minimum atomic E-state index is -2.89. The molecule has 172 valence electrons. The molecule has 4 rings (SSSR count). The van der Waals surface area contributed by atoms with Crippen LogP contribution in [0.1, 0.15) is 52.2 Å². The molecule has 0 saturated heterocycles. The van der Waals surface area contributed by atoms with Crippen LogP contribution >= 0.6 is 0 Å². The second-order valence-electron chi connectivity index (χ2n) is 7.32. The molecular weight excluding hydrogens is 426 g/mol. The molecule has 0 saturated carbocycles. The van der Waals surface area contributed by atoms with Gasteiger partial charge in [0.05, 0.1) is 15.6 Å². The molecule has 34 heavy (non-hydrogen) atoms. The van der Waals surface area contributed by atoms with E-state index in [-0.39, 0.29) is 22.9 Å². The van der Waals surface area contributed by atoms with Gasteiger partial charge in [0, 0.05) is 39.6 Å². The predicted octanol–water partition coefficient (Wildman–Crippen LogP) is 4.89. The Kier molecular flexibility index (Phi) is 4.12. The molecule has 0 aliphatic heterocycles. The van der Waals surface area contributed by atoms with Gasteiger partial charge in [-0.1, -0.05) is 48.0 Å². The second kappa shape index (κ2) is 10.3. The third kappa shape index (κ3) is 5.30. The Morgan fingerprint density at radius 3 is 2.74 bits per heavy atom. The van der Waals surface area contributed by atoms with E-state index < -0.39 is 55.7 Å². The zero-order valence-corrected chi connectivity index (χ0v) is 17.9. The van der Waals surface area contributed by atoms with Crippen molar-refractivity contribution in [1.29, 1.82) is 0 Å². The number of ether oxygens (including phenoxy) is 1. The van der Waals surface area contributed by atoms with Crippen molar-refractivity contribution in [3.05, 3.63) is 107 Å². The quantitative estimate of drug-likeness (QED) is 0.381. The van der Waals surface area contributed by atoms with Crippen molar-refractivity contribution in [2.45, 2.75) is 26.2 Å². The molecule has 0 aliphatic rings. The van der Waals surface area contributed by atoms with Crippen molar-refractivity contribution >= 4 is 28.3 Å². The number of fused-ring (bicyclic) bond motifs is 1. The fourth-order valence-corrected chi connectivity index (χ4v) is 3.27. The molecule has 3 aromatic carbocycles. The Bertz CT molecular complexity index is 1720. The van der Waals surface area contributed by atoms with Gasteiger partial charge in [-0.05, 0) is 60.0 Å². The number of carbonyl (C=O) groups is 2. The first-order valence-corrected chi connectivity index (χ1v) is 10.2. The Morgan fingerprint density at radius 2 is 1.97 bits per heavy atom. The molecule has 0 unspecified atom stereocenters. The average molecular weight is 464 g/mol. The van der Waals surface area contributed by atoms with Crippen molar-refractivity contribution in [2.75, 3.05) is 11.9 Å². The summed E-state index contributed by atoms with van der Waals surface area (Å²) in [6.45, 7) is -8.74. The zero-order chi connectivity index (χ0) is 32.7. The van der Waals surface area contributed by atoms with Crippen molar-refractivity contribution in [1.82, 2.24) is 4.98 Å². The summed E-state index contributed by atoms with van der Waals surface area (Å²) >= 11 is 0. The average Bonchev–Trinajstić information content (AvgIpc) is 2.95. The van der Waals surface area contributed by atoms with Crippen LogP contribution in [-0.4, -0.2) is 23.4 Å². The lowest BCUT2D eigenvalue weighted by Gasteiger charge is -2.16. The highest BCUT2D eigenvalue weighted by atomic mass is 16.5. The number of aryl methyl sites for hydroxylation is 2. The van der Waals surface area contributed by atoms with E-state index in [0.717, 1.165) is 18.2 Å². The number of nitrogens with two attached hydrogens (primary N) is 1. The number of amides is 1. The van der Waals surface area contributed by atoms with E-state index in [2.05, 4.69) is 10.3 Å². The van der Waals surface area contributed by atoms with Gasteiger partial charge in [0.15, 0.2) is 0 Å². The molecule has 1 atom stereocenters. The van der Waals surface area contributed by atoms with Crippen LogP contribution in [0.4, 0.5) is 5.69 Å². The summed E-state index contributed by atoms with van der Waals surface area (Å²) < 4.78 is 84.1. The lowest BCUT2D eigenvalue weighted by molar-refractivity contribution is -0.117. The van der Waals surface area contributed by atoms with Gasteiger partial charge in [0.2, 0.25) is 5.91 Å². The van der Waals surface area contributed by atoms with Crippen molar-refractivity contribution in [3.8, 4) is 0 Å². The summed E-state index contributed by atoms with van der Waals surface area (Å²) in [5.41, 5.74) is 4.71. The highest BCUT2D eigenvalue weighted by Crippen LogP contribution is 2.22. The highest BCUT2D eigenvalue weighted by molar-refractivity contribution is 5.98. The number of carbonyl (C=O) groups excluding carboxylic acids is 2. The Labute approximate surface area is 212 Å². The molecular formula is C28H27N3O3. The number of hydrogen-bond acceptors (Lipinski definition) is 5. The van der Waals surface area contributed by atoms with Crippen LogP contribution in [0.15, 0.2) is 79.1 Å². The number of esters is 1. The van der Waals surface area contributed by atoms with E-state index in [1.165, 1.54) is 30.5 Å². The monoisotopic (exact) mass is 463 g/mol. The maximum atomic E-state index is 13.2. The minimum Gasteiger partial charge on any atom is -0.457 e. The fraction of sp³-hybridized carbons (Fsp3) is 0.179. The van der Waals surface area contributed by atoms with Crippen LogP contribution in [0.3, 0.4) is 0 Å². The van der Waals surface area contributed by atoms with Crippen LogP contribution in [0.2, 0.25) is 0 Å². The predicted molar refractivity (Wildman–Crippen MR) is 134 cm³/mol. The molecule has 0 radical (unpaired) electrons. The summed E-state index contributed by atoms with van der Waals surface area (Å²) in [4.78, 5) is 30.0. The van der Waals surface area contributed by atoms with Gasteiger partial charge in [-0.25, -0.2) is 4.79 Å². The second-order valence-corrected chi connectivity index (χ2v) is 7.32. The van der Waals surface area contributed by atoms with Crippen LogP contribution in [-0.2, 0) is 16.1 Å². The summed E-state index contributed by atoms with van der Waals surface area (Å²) in [5, 5.41) is 3.89. The molecule has 0 bridgehead atoms. The van der Waals surface area contributed by atoms with Crippen molar-refractivity contribution in [3.63, 3.8) is 0 Å². The van der Waals surface area contributed by atoms with E-state index in [1.807, 2.05) is 0 Å². The molecule has 6 heteroatoms. The van der Waals surface area contributed by atoms with Crippen LogP contribution < -0.4 is 11.1 Å². The number of benzene rings is 3. The van der Waals surface area contributed by atoms with Gasteiger partial charge >= 0.3 is 5.97 Å². The summed E-state index contributed by atoms with van der Waals surface area (Å²) in [5.74, 6) is -4.09. The zero-order valence-electron chi connectivity index (χ0n) is 27.9. The molecule has 1 heterocycles. The topological polar surface area (TPSA) is 94.3 Å². The fourth-order valence-electron chi connectivity index (χ4n) is 3.27. The number of rotatable bonds is 7. The lowest BCUT2D eigenvalue weighted by Crippen LogP contribution is -2.27. The molecule has 0 aliphatic carbocycles. The van der Waals surface area contributed by atoms with E-state index in [0.29, 0.717) is 16.5 Å². The smallest absolute Gasteiger partial charge is 0.338 e. The number of anilines is 1. The molecule has 1 amide bonds. The van der Waals surface area contributed by atoms with Crippen LogP contribution in [0.25, 0.3) is 10.8 Å². The normalized spacial score (nSPS) is 18.1. The highest BCUT2D eigenvalue weighted by Gasteiger charge is 2.19. The summed E-state index contributed by atoms with van der Waals surface area (Å²) in [6, 6.07) is 14.4. The molecule has 4 aromatic rings. The number of hydrogen-bond donors (Lipinski definition) is 2. The van der Waals surface area contributed by atoms with Crippen molar-refractivity contribution in [2.24, 2.45) is 5.73 Å². The molecule has 0 fully saturated rings. The molecule has 6 nitrogen and oxygen atoms in total. The third-order valence-electron chi connectivity index (χ3n) is 5.04. The number of pyridine rings is 1. The Hall–Kier alpha value is -4.03. The standard InChI is InChI=1S/C28H27N3O3/c1-18-3-10-25(19(2)13-18)28(33)34-17-20-4-6-21(7-5-20)26(15-29)27(32)31-24-9-8-23-16-30-12-11-22(23)14-24/h3-14,16,26H,15,17,29H2,1-2H3,(H,31,32)/t26-/m0/s1/i1D3,2D3,16D,17D2,26D. The van der Waals surface area contributed by atoms with E-state index in [9.17, 15) is 9.59 Å². The Morgan fingerprint density at radius 1 is 1.12 bits per heavy atom. The molecule has 1 aromatic heterocycles. The van der Waals surface area contributed by atoms with Gasteiger partial charge < -0.3 is 15.8 Å². The van der Waals surface area contributed by atoms with Gasteiger partial charge in [-0.3, -0.25) is 9.78 Å². The number of aromatic nitrogens is 1. The first-order valence-electron chi connectivity index (χ1n) is 15.2. The summed E-state index contributed by atoms with van der Waals surface area (Å²) in [7, 11) is 0.